The van der Waals surface area contributed by atoms with Gasteiger partial charge in [-0.05, 0) is 24.0 Å². The highest BCUT2D eigenvalue weighted by molar-refractivity contribution is 6.91. The lowest BCUT2D eigenvalue weighted by Crippen LogP contribution is -2.61. The lowest BCUT2D eigenvalue weighted by atomic mass is 10.1. The molecule has 0 aliphatic rings. The molecule has 0 saturated carbocycles. The van der Waals surface area contributed by atoms with E-state index >= 15 is 0 Å². The monoisotopic (exact) mass is 300 g/mol. The molecular weight excluding hydrogens is 276 g/mol. The highest BCUT2D eigenvalue weighted by Crippen LogP contribution is 2.10. The smallest absolute Gasteiger partial charge is 0.402 e. The third kappa shape index (κ3) is 3.43. The molecule has 0 saturated heterocycles. The lowest BCUT2D eigenvalue weighted by molar-refractivity contribution is 0.400. The minimum absolute atomic E-state index is 0.732. The molecule has 0 fully saturated rings. The number of hydrogen-bond donors (Lipinski definition) is 2. The molecule has 2 aromatic rings. The molecule has 2 aromatic carbocycles. The van der Waals surface area contributed by atoms with E-state index in [-0.39, 0.29) is 0 Å². The Bertz CT molecular complexity index is 542. The van der Waals surface area contributed by atoms with Crippen LogP contribution in [0.5, 0.6) is 0 Å². The minimum Gasteiger partial charge on any atom is -0.404 e. The summed E-state index contributed by atoms with van der Waals surface area (Å²) in [6, 6.07) is 15.5. The van der Waals surface area contributed by atoms with Crippen molar-refractivity contribution in [1.29, 1.82) is 0 Å². The van der Waals surface area contributed by atoms with E-state index in [0.29, 0.717) is 0 Å². The highest BCUT2D eigenvalue weighted by Gasteiger charge is 2.38. The Hall–Kier alpha value is -1.42. The lowest BCUT2D eigenvalue weighted by Gasteiger charge is -2.24. The Morgan fingerprint density at radius 1 is 0.714 bits per heavy atom. The van der Waals surface area contributed by atoms with E-state index in [1.807, 2.05) is 48.5 Å². The maximum absolute atomic E-state index is 11.0. The molecule has 0 bridgehead atoms. The van der Waals surface area contributed by atoms with Gasteiger partial charge in [0.25, 0.3) is 0 Å². The summed E-state index contributed by atoms with van der Waals surface area (Å²) in [5.74, 6) is 0. The molecule has 0 amide bonds. The van der Waals surface area contributed by atoms with Gasteiger partial charge >= 0.3 is 8.56 Å². The van der Waals surface area contributed by atoms with E-state index in [2.05, 4.69) is 13.8 Å². The van der Waals surface area contributed by atoms with Crippen molar-refractivity contribution >= 4 is 18.9 Å². The van der Waals surface area contributed by atoms with Crippen LogP contribution < -0.4 is 10.4 Å². The third-order valence-electron chi connectivity index (χ3n) is 3.82. The largest absolute Gasteiger partial charge is 0.404 e. The van der Waals surface area contributed by atoms with Gasteiger partial charge in [-0.25, -0.2) is 0 Å². The number of hydrogen-bond acceptors (Lipinski definition) is 2. The standard InChI is InChI=1S/C18H24O2Si/c1-3-9-15-11-5-7-13-17(15)21(19,20)18-14-8-6-12-16(18)10-4-2/h5-8,11-14,19-20H,3-4,9-10H2,1-2H3. The van der Waals surface area contributed by atoms with Crippen LogP contribution in [0.2, 0.25) is 0 Å². The number of benzene rings is 2. The summed E-state index contributed by atoms with van der Waals surface area (Å²) in [4.78, 5) is 21.9. The average Bonchev–Trinajstić information content (AvgIpc) is 2.49. The van der Waals surface area contributed by atoms with Gasteiger partial charge in [-0.1, -0.05) is 75.2 Å². The summed E-state index contributed by atoms with van der Waals surface area (Å²) in [6.07, 6.45) is 3.75. The number of aryl methyl sites for hydroxylation is 2. The Labute approximate surface area is 128 Å². The van der Waals surface area contributed by atoms with Gasteiger partial charge < -0.3 is 9.59 Å². The fourth-order valence-corrected chi connectivity index (χ4v) is 5.10. The van der Waals surface area contributed by atoms with Crippen molar-refractivity contribution in [2.45, 2.75) is 39.5 Å². The first kappa shape index (κ1) is 16.0. The summed E-state index contributed by atoms with van der Waals surface area (Å²) in [5.41, 5.74) is 2.12. The summed E-state index contributed by atoms with van der Waals surface area (Å²) < 4.78 is 0. The molecular formula is C18H24O2Si. The quantitative estimate of drug-likeness (QED) is 0.803. The van der Waals surface area contributed by atoms with Gasteiger partial charge in [0, 0.05) is 10.4 Å². The first-order valence-electron chi connectivity index (χ1n) is 7.72. The van der Waals surface area contributed by atoms with Crippen molar-refractivity contribution in [3.05, 3.63) is 59.7 Å². The highest BCUT2D eigenvalue weighted by atomic mass is 28.4. The van der Waals surface area contributed by atoms with Crippen LogP contribution in [0.15, 0.2) is 48.5 Å². The average molecular weight is 300 g/mol. The SMILES string of the molecule is CCCc1ccccc1[Si](O)(O)c1ccccc1CCC. The molecule has 3 heteroatoms. The van der Waals surface area contributed by atoms with E-state index < -0.39 is 8.56 Å². The third-order valence-corrected chi connectivity index (χ3v) is 6.30. The van der Waals surface area contributed by atoms with E-state index in [1.165, 1.54) is 0 Å². The van der Waals surface area contributed by atoms with Crippen LogP contribution >= 0.6 is 0 Å². The summed E-state index contributed by atoms with van der Waals surface area (Å²) in [5, 5.41) is 1.46. The zero-order valence-electron chi connectivity index (χ0n) is 12.8. The van der Waals surface area contributed by atoms with Gasteiger partial charge in [-0.15, -0.1) is 0 Å². The molecule has 0 radical (unpaired) electrons. The molecule has 0 heterocycles. The van der Waals surface area contributed by atoms with Crippen molar-refractivity contribution < 1.29 is 9.59 Å². The van der Waals surface area contributed by atoms with Crippen molar-refractivity contribution in [3.8, 4) is 0 Å². The van der Waals surface area contributed by atoms with E-state index in [0.717, 1.165) is 47.2 Å². The Morgan fingerprint density at radius 3 is 1.48 bits per heavy atom. The van der Waals surface area contributed by atoms with E-state index in [9.17, 15) is 9.59 Å². The van der Waals surface area contributed by atoms with Gasteiger partial charge in [0.05, 0.1) is 0 Å². The molecule has 0 aliphatic carbocycles. The van der Waals surface area contributed by atoms with Crippen molar-refractivity contribution in [3.63, 3.8) is 0 Å². The van der Waals surface area contributed by atoms with Crippen molar-refractivity contribution in [2.24, 2.45) is 0 Å². The Morgan fingerprint density at radius 2 is 1.10 bits per heavy atom. The molecule has 0 atom stereocenters. The van der Waals surface area contributed by atoms with Crippen LogP contribution in [-0.2, 0) is 12.8 Å². The topological polar surface area (TPSA) is 40.5 Å². The maximum Gasteiger partial charge on any atom is 0.402 e. The summed E-state index contributed by atoms with van der Waals surface area (Å²) >= 11 is 0. The molecule has 2 nitrogen and oxygen atoms in total. The number of rotatable bonds is 6. The van der Waals surface area contributed by atoms with Crippen LogP contribution in [-0.4, -0.2) is 18.2 Å². The second-order valence-corrected chi connectivity index (χ2v) is 7.91. The fraction of sp³-hybridized carbons (Fsp3) is 0.333. The molecule has 2 rings (SSSR count). The molecule has 112 valence electrons. The summed E-state index contributed by atoms with van der Waals surface area (Å²) in [7, 11) is -3.62. The van der Waals surface area contributed by atoms with Crippen LogP contribution in [0.25, 0.3) is 0 Å². The molecule has 0 aliphatic heterocycles. The van der Waals surface area contributed by atoms with Crippen LogP contribution in [0.3, 0.4) is 0 Å². The molecule has 0 aromatic heterocycles. The fourth-order valence-electron chi connectivity index (χ4n) is 2.84. The predicted molar refractivity (Wildman–Crippen MR) is 90.3 cm³/mol. The van der Waals surface area contributed by atoms with Crippen molar-refractivity contribution in [2.75, 3.05) is 0 Å². The molecule has 0 spiro atoms. The second-order valence-electron chi connectivity index (χ2n) is 5.49. The zero-order valence-corrected chi connectivity index (χ0v) is 13.8. The van der Waals surface area contributed by atoms with Gasteiger partial charge in [0.15, 0.2) is 0 Å². The van der Waals surface area contributed by atoms with Crippen LogP contribution in [0.4, 0.5) is 0 Å². The van der Waals surface area contributed by atoms with E-state index in [1.54, 1.807) is 0 Å². The molecule has 21 heavy (non-hydrogen) atoms. The van der Waals surface area contributed by atoms with Gasteiger partial charge in [-0.3, -0.25) is 0 Å². The first-order valence-corrected chi connectivity index (χ1v) is 9.62. The minimum atomic E-state index is -3.62. The van der Waals surface area contributed by atoms with E-state index in [4.69, 9.17) is 0 Å². The normalized spacial score (nSPS) is 11.6. The molecule has 0 unspecified atom stereocenters. The molecule has 2 N–H and O–H groups in total. The zero-order chi connectivity index (χ0) is 15.3. The van der Waals surface area contributed by atoms with Crippen LogP contribution in [0.1, 0.15) is 37.8 Å². The van der Waals surface area contributed by atoms with Crippen LogP contribution in [0, 0.1) is 0 Å². The Kier molecular flexibility index (Phi) is 5.34. The maximum atomic E-state index is 11.0. The first-order chi connectivity index (χ1) is 10.1. The van der Waals surface area contributed by atoms with Gasteiger partial charge in [-0.2, -0.15) is 0 Å². The second kappa shape index (κ2) is 7.03. The van der Waals surface area contributed by atoms with Gasteiger partial charge in [0.1, 0.15) is 0 Å². The van der Waals surface area contributed by atoms with Gasteiger partial charge in [0.2, 0.25) is 0 Å². The summed E-state index contributed by atoms with van der Waals surface area (Å²) in [6.45, 7) is 4.22. The predicted octanol–water partition coefficient (Wildman–Crippen LogP) is 2.13. The Balaban J connectivity index is 2.51. The van der Waals surface area contributed by atoms with Crippen molar-refractivity contribution in [1.82, 2.24) is 0 Å².